The Balaban J connectivity index is 1.66. The van der Waals surface area contributed by atoms with Gasteiger partial charge in [0.2, 0.25) is 11.8 Å². The summed E-state index contributed by atoms with van der Waals surface area (Å²) >= 11 is 0. The fraction of sp³-hybridized carbons (Fsp3) is 0.421. The second kappa shape index (κ2) is 5.86. The molecular weight excluding hydrogens is 334 g/mol. The molecule has 1 aliphatic carbocycles. The average molecular weight is 355 g/mol. The number of hydrogen-bond donors (Lipinski definition) is 2. The minimum Gasteiger partial charge on any atom is -0.490 e. The van der Waals surface area contributed by atoms with E-state index in [2.05, 4.69) is 10.3 Å². The van der Waals surface area contributed by atoms with Crippen molar-refractivity contribution in [2.24, 2.45) is 17.1 Å². The molecule has 4 rings (SSSR count). The molecule has 136 valence electrons. The summed E-state index contributed by atoms with van der Waals surface area (Å²) in [7, 11) is 0. The van der Waals surface area contributed by atoms with Gasteiger partial charge in [-0.1, -0.05) is 0 Å². The van der Waals surface area contributed by atoms with E-state index in [1.54, 1.807) is 24.4 Å². The Morgan fingerprint density at radius 3 is 2.88 bits per heavy atom. The second-order valence-corrected chi connectivity index (χ2v) is 7.34. The number of primary amides is 1. The summed E-state index contributed by atoms with van der Waals surface area (Å²) in [4.78, 5) is 27.7. The van der Waals surface area contributed by atoms with E-state index in [1.165, 1.54) is 0 Å². The molecule has 2 amide bonds. The molecule has 2 atom stereocenters. The molecule has 26 heavy (non-hydrogen) atoms. The number of aromatic nitrogens is 1. The van der Waals surface area contributed by atoms with E-state index in [4.69, 9.17) is 15.2 Å². The number of rotatable bonds is 6. The monoisotopic (exact) mass is 355 g/mol. The Hall–Kier alpha value is -2.83. The summed E-state index contributed by atoms with van der Waals surface area (Å²) in [5, 5.41) is 4.42. The molecule has 1 aromatic heterocycles. The molecule has 7 nitrogen and oxygen atoms in total. The highest BCUT2D eigenvalue weighted by molar-refractivity contribution is 6.01. The number of ether oxygens (including phenoxy) is 2. The highest BCUT2D eigenvalue weighted by Gasteiger charge is 2.63. The van der Waals surface area contributed by atoms with Gasteiger partial charge in [0.05, 0.1) is 18.3 Å². The molecule has 1 unspecified atom stereocenters. The lowest BCUT2D eigenvalue weighted by molar-refractivity contribution is -0.120. The van der Waals surface area contributed by atoms with Gasteiger partial charge >= 0.3 is 0 Å². The van der Waals surface area contributed by atoms with Crippen LogP contribution in [-0.4, -0.2) is 36.1 Å². The minimum atomic E-state index is -0.544. The van der Waals surface area contributed by atoms with E-state index in [1.807, 2.05) is 13.8 Å². The van der Waals surface area contributed by atoms with E-state index in [9.17, 15) is 9.59 Å². The predicted molar refractivity (Wildman–Crippen MR) is 95.1 cm³/mol. The Kier molecular flexibility index (Phi) is 3.75. The van der Waals surface area contributed by atoms with E-state index in [0.29, 0.717) is 30.3 Å². The van der Waals surface area contributed by atoms with Crippen molar-refractivity contribution in [2.45, 2.75) is 26.4 Å². The number of benzene rings is 1. The largest absolute Gasteiger partial charge is 0.490 e. The van der Waals surface area contributed by atoms with Crippen LogP contribution in [0.5, 0.6) is 11.6 Å². The molecule has 3 N–H and O–H groups in total. The molecule has 2 aromatic rings. The Morgan fingerprint density at radius 2 is 2.27 bits per heavy atom. The molecule has 2 fully saturated rings. The van der Waals surface area contributed by atoms with Crippen LogP contribution in [-0.2, 0) is 4.79 Å². The number of carbonyl (C=O) groups excluding carboxylic acids is 2. The van der Waals surface area contributed by atoms with Crippen LogP contribution in [0.25, 0.3) is 10.8 Å². The first-order valence-corrected chi connectivity index (χ1v) is 8.69. The standard InChI is InChI=1S/C19H21N3O4/c1-10(2)26-15-6-12-11(5-13(15)16(20)23)3-4-21-18(12)25-9-19-7-14(19)17(24)22-8-19/h3-6,10,14H,7-9H2,1-2H3,(H2,20,23)(H,22,24)/t14?,19-/m0/s1. The van der Waals surface area contributed by atoms with Crippen molar-refractivity contribution in [3.8, 4) is 11.6 Å². The van der Waals surface area contributed by atoms with Gasteiger partial charge in [-0.3, -0.25) is 9.59 Å². The topological polar surface area (TPSA) is 104 Å². The number of nitrogens with zero attached hydrogens (tertiary/aromatic N) is 1. The molecule has 1 saturated carbocycles. The number of carbonyl (C=O) groups is 2. The third-order valence-corrected chi connectivity index (χ3v) is 5.07. The van der Waals surface area contributed by atoms with Crippen molar-refractivity contribution < 1.29 is 19.1 Å². The minimum absolute atomic E-state index is 0.0544. The van der Waals surface area contributed by atoms with Crippen LogP contribution in [0.2, 0.25) is 0 Å². The lowest BCUT2D eigenvalue weighted by Gasteiger charge is -2.16. The highest BCUT2D eigenvalue weighted by Crippen LogP contribution is 2.55. The average Bonchev–Trinajstić information content (AvgIpc) is 3.23. The molecule has 1 saturated heterocycles. The van der Waals surface area contributed by atoms with Crippen LogP contribution in [0.1, 0.15) is 30.6 Å². The fourth-order valence-corrected chi connectivity index (χ4v) is 3.56. The molecule has 0 spiro atoms. The normalized spacial score (nSPS) is 23.7. The first-order valence-electron chi connectivity index (χ1n) is 8.69. The van der Waals surface area contributed by atoms with Gasteiger partial charge in [-0.15, -0.1) is 0 Å². The number of nitrogens with two attached hydrogens (primary N) is 1. The highest BCUT2D eigenvalue weighted by atomic mass is 16.5. The van der Waals surface area contributed by atoms with Gasteiger partial charge in [-0.2, -0.15) is 0 Å². The number of fused-ring (bicyclic) bond motifs is 2. The summed E-state index contributed by atoms with van der Waals surface area (Å²) in [5.41, 5.74) is 5.71. The number of hydrogen-bond acceptors (Lipinski definition) is 5. The lowest BCUT2D eigenvalue weighted by atomic mass is 10.1. The molecule has 7 heteroatoms. The smallest absolute Gasteiger partial charge is 0.252 e. The third-order valence-electron chi connectivity index (χ3n) is 5.07. The van der Waals surface area contributed by atoms with Crippen molar-refractivity contribution in [3.63, 3.8) is 0 Å². The van der Waals surface area contributed by atoms with E-state index in [0.717, 1.165) is 17.2 Å². The summed E-state index contributed by atoms with van der Waals surface area (Å²) in [6, 6.07) is 5.24. The lowest BCUT2D eigenvalue weighted by Crippen LogP contribution is -2.24. The van der Waals surface area contributed by atoms with Crippen LogP contribution in [0.15, 0.2) is 24.4 Å². The summed E-state index contributed by atoms with van der Waals surface area (Å²) in [5.74, 6) is 0.499. The first kappa shape index (κ1) is 16.6. The molecule has 1 aliphatic heterocycles. The molecule has 2 heterocycles. The number of nitrogens with one attached hydrogen (secondary N) is 1. The van der Waals surface area contributed by atoms with Gasteiger partial charge in [-0.05, 0) is 43.9 Å². The molecule has 2 aliphatic rings. The molecule has 0 radical (unpaired) electrons. The van der Waals surface area contributed by atoms with Crippen LogP contribution in [0, 0.1) is 11.3 Å². The predicted octanol–water partition coefficient (Wildman–Crippen LogP) is 1.64. The van der Waals surface area contributed by atoms with E-state index in [-0.39, 0.29) is 23.3 Å². The Labute approximate surface area is 150 Å². The van der Waals surface area contributed by atoms with Crippen molar-refractivity contribution in [3.05, 3.63) is 30.0 Å². The molecular formula is C19H21N3O4. The van der Waals surface area contributed by atoms with Gasteiger partial charge in [0.15, 0.2) is 0 Å². The number of pyridine rings is 1. The number of piperidine rings is 1. The zero-order valence-electron chi connectivity index (χ0n) is 14.7. The van der Waals surface area contributed by atoms with Gasteiger partial charge in [0, 0.05) is 29.5 Å². The van der Waals surface area contributed by atoms with Crippen molar-refractivity contribution in [1.82, 2.24) is 10.3 Å². The summed E-state index contributed by atoms with van der Waals surface area (Å²) in [6.07, 6.45) is 2.39. The van der Waals surface area contributed by atoms with Crippen molar-refractivity contribution in [2.75, 3.05) is 13.2 Å². The molecule has 0 bridgehead atoms. The van der Waals surface area contributed by atoms with E-state index >= 15 is 0 Å². The SMILES string of the molecule is CC(C)Oc1cc2c(OC[C@]34CNC(=O)C3C4)nccc2cc1C(N)=O. The zero-order valence-corrected chi connectivity index (χ0v) is 14.7. The quantitative estimate of drug-likeness (QED) is 0.820. The maximum Gasteiger partial charge on any atom is 0.252 e. The van der Waals surface area contributed by atoms with Crippen LogP contribution < -0.4 is 20.5 Å². The van der Waals surface area contributed by atoms with Gasteiger partial charge in [0.1, 0.15) is 5.75 Å². The second-order valence-electron chi connectivity index (χ2n) is 7.34. The maximum atomic E-state index is 11.8. The molecule has 1 aromatic carbocycles. The summed E-state index contributed by atoms with van der Waals surface area (Å²) < 4.78 is 11.7. The zero-order chi connectivity index (χ0) is 18.5. The Bertz CT molecular complexity index is 911. The van der Waals surface area contributed by atoms with Crippen molar-refractivity contribution in [1.29, 1.82) is 0 Å². The van der Waals surface area contributed by atoms with Gasteiger partial charge < -0.3 is 20.5 Å². The van der Waals surface area contributed by atoms with Gasteiger partial charge in [-0.25, -0.2) is 4.98 Å². The van der Waals surface area contributed by atoms with Gasteiger partial charge in [0.25, 0.3) is 5.91 Å². The fourth-order valence-electron chi connectivity index (χ4n) is 3.56. The number of amides is 2. The van der Waals surface area contributed by atoms with Crippen LogP contribution in [0.3, 0.4) is 0 Å². The maximum absolute atomic E-state index is 11.8. The Morgan fingerprint density at radius 1 is 1.46 bits per heavy atom. The third kappa shape index (κ3) is 2.73. The van der Waals surface area contributed by atoms with Crippen LogP contribution in [0.4, 0.5) is 0 Å². The first-order chi connectivity index (χ1) is 12.4. The van der Waals surface area contributed by atoms with Crippen molar-refractivity contribution >= 4 is 22.6 Å². The van der Waals surface area contributed by atoms with Crippen LogP contribution >= 0.6 is 0 Å². The van der Waals surface area contributed by atoms with E-state index < -0.39 is 5.91 Å². The summed E-state index contributed by atoms with van der Waals surface area (Å²) in [6.45, 7) is 4.84.